The lowest BCUT2D eigenvalue weighted by atomic mass is 10.1. The summed E-state index contributed by atoms with van der Waals surface area (Å²) >= 11 is 1.74. The van der Waals surface area contributed by atoms with E-state index in [2.05, 4.69) is 39.3 Å². The fourth-order valence-corrected chi connectivity index (χ4v) is 2.45. The van der Waals surface area contributed by atoms with Gasteiger partial charge < -0.3 is 20.7 Å². The Bertz CT molecular complexity index is 434. The van der Waals surface area contributed by atoms with Gasteiger partial charge in [0.05, 0.1) is 13.2 Å². The normalized spacial score (nSPS) is 12.8. The molecule has 1 amide bonds. The maximum atomic E-state index is 11.6. The van der Waals surface area contributed by atoms with Crippen LogP contribution in [0.4, 0.5) is 0 Å². The minimum absolute atomic E-state index is 0.0821. The van der Waals surface area contributed by atoms with Gasteiger partial charge in [-0.15, -0.1) is 11.3 Å². The summed E-state index contributed by atoms with van der Waals surface area (Å²) in [4.78, 5) is 17.0. The van der Waals surface area contributed by atoms with Crippen LogP contribution in [0.2, 0.25) is 0 Å². The SMILES string of the molecule is CN=C(NCC(=O)NCCOC)NCC(C)c1cccs1. The molecule has 0 radical (unpaired) electrons. The second-order valence-corrected chi connectivity index (χ2v) is 5.55. The van der Waals surface area contributed by atoms with Crippen LogP contribution in [0.1, 0.15) is 17.7 Å². The number of carbonyl (C=O) groups is 1. The third-order valence-electron chi connectivity index (χ3n) is 2.87. The Morgan fingerprint density at radius 1 is 1.43 bits per heavy atom. The Labute approximate surface area is 130 Å². The lowest BCUT2D eigenvalue weighted by Gasteiger charge is -2.15. The van der Waals surface area contributed by atoms with Gasteiger partial charge >= 0.3 is 0 Å². The lowest BCUT2D eigenvalue weighted by molar-refractivity contribution is -0.120. The average molecular weight is 312 g/mol. The molecule has 21 heavy (non-hydrogen) atoms. The summed E-state index contributed by atoms with van der Waals surface area (Å²) in [6.45, 7) is 4.14. The van der Waals surface area contributed by atoms with Gasteiger partial charge in [0.15, 0.2) is 5.96 Å². The first-order valence-electron chi connectivity index (χ1n) is 6.91. The fourth-order valence-electron chi connectivity index (χ4n) is 1.66. The molecule has 1 aromatic rings. The van der Waals surface area contributed by atoms with E-state index in [1.165, 1.54) is 4.88 Å². The van der Waals surface area contributed by atoms with Gasteiger partial charge in [-0.05, 0) is 11.4 Å². The van der Waals surface area contributed by atoms with E-state index in [0.717, 1.165) is 6.54 Å². The average Bonchev–Trinajstić information content (AvgIpc) is 3.01. The first-order chi connectivity index (χ1) is 10.2. The highest BCUT2D eigenvalue weighted by molar-refractivity contribution is 7.10. The maximum Gasteiger partial charge on any atom is 0.239 e. The van der Waals surface area contributed by atoms with Crippen molar-refractivity contribution in [1.82, 2.24) is 16.0 Å². The highest BCUT2D eigenvalue weighted by Crippen LogP contribution is 2.19. The summed E-state index contributed by atoms with van der Waals surface area (Å²) in [5, 5.41) is 11.0. The topological polar surface area (TPSA) is 74.8 Å². The number of amides is 1. The predicted octanol–water partition coefficient (Wildman–Crippen LogP) is 0.779. The molecule has 6 nitrogen and oxygen atoms in total. The molecule has 1 aromatic heterocycles. The number of hydrogen-bond donors (Lipinski definition) is 3. The van der Waals surface area contributed by atoms with Gasteiger partial charge in [-0.1, -0.05) is 13.0 Å². The van der Waals surface area contributed by atoms with Crippen molar-refractivity contribution < 1.29 is 9.53 Å². The number of ether oxygens (including phenoxy) is 1. The van der Waals surface area contributed by atoms with Crippen LogP contribution in [0.5, 0.6) is 0 Å². The van der Waals surface area contributed by atoms with E-state index < -0.39 is 0 Å². The summed E-state index contributed by atoms with van der Waals surface area (Å²) in [5.74, 6) is 0.945. The predicted molar refractivity (Wildman–Crippen MR) is 87.0 cm³/mol. The van der Waals surface area contributed by atoms with Crippen LogP contribution in [0.15, 0.2) is 22.5 Å². The van der Waals surface area contributed by atoms with Gasteiger partial charge in [-0.25, -0.2) is 0 Å². The van der Waals surface area contributed by atoms with Crippen LogP contribution in [0, 0.1) is 0 Å². The minimum Gasteiger partial charge on any atom is -0.383 e. The fraction of sp³-hybridized carbons (Fsp3) is 0.571. The Morgan fingerprint density at radius 2 is 2.24 bits per heavy atom. The van der Waals surface area contributed by atoms with Crippen molar-refractivity contribution in [2.24, 2.45) is 4.99 Å². The zero-order chi connectivity index (χ0) is 15.5. The number of nitrogens with zero attached hydrogens (tertiary/aromatic N) is 1. The smallest absolute Gasteiger partial charge is 0.239 e. The summed E-state index contributed by atoms with van der Waals surface area (Å²) in [7, 11) is 3.29. The van der Waals surface area contributed by atoms with Crippen molar-refractivity contribution in [2.75, 3.05) is 40.4 Å². The number of rotatable bonds is 8. The number of guanidine groups is 1. The molecule has 0 spiro atoms. The molecule has 0 fully saturated rings. The van der Waals surface area contributed by atoms with Gasteiger partial charge in [-0.3, -0.25) is 9.79 Å². The Morgan fingerprint density at radius 3 is 2.86 bits per heavy atom. The second-order valence-electron chi connectivity index (χ2n) is 4.57. The second kappa shape index (κ2) is 10.2. The van der Waals surface area contributed by atoms with Crippen molar-refractivity contribution >= 4 is 23.2 Å². The number of nitrogens with one attached hydrogen (secondary N) is 3. The van der Waals surface area contributed by atoms with E-state index in [1.54, 1.807) is 25.5 Å². The van der Waals surface area contributed by atoms with Gasteiger partial charge in [0.25, 0.3) is 0 Å². The molecule has 1 atom stereocenters. The molecule has 0 aromatic carbocycles. The molecule has 0 aliphatic rings. The van der Waals surface area contributed by atoms with Crippen molar-refractivity contribution in [2.45, 2.75) is 12.8 Å². The lowest BCUT2D eigenvalue weighted by Crippen LogP contribution is -2.44. The van der Waals surface area contributed by atoms with Crippen LogP contribution < -0.4 is 16.0 Å². The number of carbonyl (C=O) groups excluding carboxylic acids is 1. The van der Waals surface area contributed by atoms with E-state index in [0.29, 0.717) is 25.0 Å². The molecule has 3 N–H and O–H groups in total. The van der Waals surface area contributed by atoms with E-state index in [4.69, 9.17) is 4.74 Å². The van der Waals surface area contributed by atoms with Gasteiger partial charge in [-0.2, -0.15) is 0 Å². The van der Waals surface area contributed by atoms with Gasteiger partial charge in [0, 0.05) is 38.0 Å². The molecule has 0 aliphatic heterocycles. The molecular formula is C14H24N4O2S. The van der Waals surface area contributed by atoms with Crippen LogP contribution >= 0.6 is 11.3 Å². The van der Waals surface area contributed by atoms with Gasteiger partial charge in [0.2, 0.25) is 5.91 Å². The zero-order valence-electron chi connectivity index (χ0n) is 12.8. The monoisotopic (exact) mass is 312 g/mol. The highest BCUT2D eigenvalue weighted by atomic mass is 32.1. The standard InChI is InChI=1S/C14H24N4O2S/c1-11(12-5-4-8-21-12)9-17-14(15-2)18-10-13(19)16-6-7-20-3/h4-5,8,11H,6-7,9-10H2,1-3H3,(H,16,19)(H2,15,17,18). The molecule has 1 rings (SSSR count). The number of methoxy groups -OCH3 is 1. The van der Waals surface area contributed by atoms with Crippen molar-refractivity contribution in [3.63, 3.8) is 0 Å². The first kappa shape index (κ1) is 17.5. The van der Waals surface area contributed by atoms with Crippen LogP contribution in [-0.4, -0.2) is 52.3 Å². The van der Waals surface area contributed by atoms with Crippen LogP contribution in [0.25, 0.3) is 0 Å². The molecule has 0 saturated carbocycles. The Hall–Kier alpha value is -1.60. The molecule has 1 heterocycles. The van der Waals surface area contributed by atoms with E-state index in [9.17, 15) is 4.79 Å². The quantitative estimate of drug-likeness (QED) is 0.377. The summed E-state index contributed by atoms with van der Waals surface area (Å²) < 4.78 is 4.87. The van der Waals surface area contributed by atoms with Crippen LogP contribution in [0.3, 0.4) is 0 Å². The first-order valence-corrected chi connectivity index (χ1v) is 7.79. The van der Waals surface area contributed by atoms with E-state index in [1.807, 2.05) is 6.07 Å². The minimum atomic E-state index is -0.0821. The highest BCUT2D eigenvalue weighted by Gasteiger charge is 2.08. The maximum absolute atomic E-state index is 11.6. The number of hydrogen-bond acceptors (Lipinski definition) is 4. The molecule has 7 heteroatoms. The molecule has 0 saturated heterocycles. The van der Waals surface area contributed by atoms with Crippen molar-refractivity contribution in [3.8, 4) is 0 Å². The van der Waals surface area contributed by atoms with Crippen molar-refractivity contribution in [1.29, 1.82) is 0 Å². The third-order valence-corrected chi connectivity index (χ3v) is 3.98. The molecule has 1 unspecified atom stereocenters. The van der Waals surface area contributed by atoms with Gasteiger partial charge in [0.1, 0.15) is 0 Å². The summed E-state index contributed by atoms with van der Waals surface area (Å²) in [6, 6.07) is 4.17. The number of thiophene rings is 1. The molecule has 118 valence electrons. The van der Waals surface area contributed by atoms with Crippen molar-refractivity contribution in [3.05, 3.63) is 22.4 Å². The summed E-state index contributed by atoms with van der Waals surface area (Å²) in [5.41, 5.74) is 0. The van der Waals surface area contributed by atoms with E-state index >= 15 is 0 Å². The number of aliphatic imine (C=N–C) groups is 1. The van der Waals surface area contributed by atoms with E-state index in [-0.39, 0.29) is 12.5 Å². The van der Waals surface area contributed by atoms with Crippen LogP contribution in [-0.2, 0) is 9.53 Å². The zero-order valence-corrected chi connectivity index (χ0v) is 13.6. The molecular weight excluding hydrogens is 288 g/mol. The third kappa shape index (κ3) is 7.10. The Kier molecular flexibility index (Phi) is 8.45. The molecule has 0 aliphatic carbocycles. The summed E-state index contributed by atoms with van der Waals surface area (Å²) in [6.07, 6.45) is 0. The Balaban J connectivity index is 2.24. The largest absolute Gasteiger partial charge is 0.383 e. The molecule has 0 bridgehead atoms.